The highest BCUT2D eigenvalue weighted by Crippen LogP contribution is 2.17. The van der Waals surface area contributed by atoms with Gasteiger partial charge in [-0.1, -0.05) is 35.9 Å². The van der Waals surface area contributed by atoms with Crippen LogP contribution in [0.4, 0.5) is 5.69 Å². The largest absolute Gasteiger partial charge is 0.271 e. The third-order valence-corrected chi connectivity index (χ3v) is 2.62. The molecule has 0 radical (unpaired) electrons. The van der Waals surface area contributed by atoms with Gasteiger partial charge >= 0.3 is 0 Å². The zero-order chi connectivity index (χ0) is 13.0. The van der Waals surface area contributed by atoms with E-state index >= 15 is 0 Å². The molecule has 0 aliphatic rings. The minimum absolute atomic E-state index is 0.318. The lowest BCUT2D eigenvalue weighted by atomic mass is 10.1. The summed E-state index contributed by atoms with van der Waals surface area (Å²) in [6, 6.07) is 16.0. The number of amides is 1. The van der Waals surface area contributed by atoms with Crippen LogP contribution in [0, 0.1) is 18.4 Å². The zero-order valence-corrected chi connectivity index (χ0v) is 10.00. The molecule has 2 aromatic carbocycles. The van der Waals surface area contributed by atoms with E-state index < -0.39 is 0 Å². The van der Waals surface area contributed by atoms with Gasteiger partial charge in [0.2, 0.25) is 0 Å². The maximum Gasteiger partial charge on any atom is 0.271 e. The summed E-state index contributed by atoms with van der Waals surface area (Å²) in [4.78, 5) is 13.3. The first-order valence-electron chi connectivity index (χ1n) is 5.58. The molecule has 1 amide bonds. The Morgan fingerprint density at radius 3 is 2.22 bits per heavy atom. The maximum atomic E-state index is 12.2. The highest BCUT2D eigenvalue weighted by molar-refractivity contribution is 6.07. The molecule has 0 spiro atoms. The normalized spacial score (nSPS) is 9.56. The summed E-state index contributed by atoms with van der Waals surface area (Å²) in [5.74, 6) is -0.318. The smallest absolute Gasteiger partial charge is 0.268 e. The summed E-state index contributed by atoms with van der Waals surface area (Å²) in [7, 11) is 0. The van der Waals surface area contributed by atoms with Crippen molar-refractivity contribution in [2.45, 2.75) is 6.92 Å². The summed E-state index contributed by atoms with van der Waals surface area (Å²) in [6.07, 6.45) is 1.92. The van der Waals surface area contributed by atoms with Crippen LogP contribution >= 0.6 is 0 Å². The molecule has 0 bridgehead atoms. The number of aryl methyl sites for hydroxylation is 1. The van der Waals surface area contributed by atoms with Gasteiger partial charge in [-0.15, -0.1) is 0 Å². The average molecular weight is 236 g/mol. The minimum Gasteiger partial charge on any atom is -0.268 e. The molecule has 3 heteroatoms. The van der Waals surface area contributed by atoms with E-state index in [1.165, 1.54) is 0 Å². The Morgan fingerprint density at radius 2 is 1.67 bits per heavy atom. The molecule has 0 fully saturated rings. The summed E-state index contributed by atoms with van der Waals surface area (Å²) in [5.41, 5.74) is 2.17. The number of carbonyl (C=O) groups excluding carboxylic acids is 1. The van der Waals surface area contributed by atoms with Crippen molar-refractivity contribution in [1.82, 2.24) is 0 Å². The predicted molar refractivity (Wildman–Crippen MR) is 70.0 cm³/mol. The van der Waals surface area contributed by atoms with Crippen LogP contribution in [-0.4, -0.2) is 5.91 Å². The monoisotopic (exact) mass is 236 g/mol. The van der Waals surface area contributed by atoms with E-state index in [9.17, 15) is 4.79 Å². The molecule has 0 heterocycles. The Balaban J connectivity index is 2.33. The number of benzene rings is 2. The fourth-order valence-electron chi connectivity index (χ4n) is 1.62. The Bertz CT molecular complexity index is 582. The predicted octanol–water partition coefficient (Wildman–Crippen LogP) is 3.12. The summed E-state index contributed by atoms with van der Waals surface area (Å²) in [6.45, 7) is 1.96. The third kappa shape index (κ3) is 2.38. The Morgan fingerprint density at radius 1 is 1.06 bits per heavy atom. The first-order chi connectivity index (χ1) is 8.72. The summed E-state index contributed by atoms with van der Waals surface area (Å²) < 4.78 is 0. The molecule has 0 aromatic heterocycles. The number of nitrogens with zero attached hydrogens (tertiary/aromatic N) is 2. The second-order valence-electron chi connectivity index (χ2n) is 3.94. The second-order valence-corrected chi connectivity index (χ2v) is 3.94. The van der Waals surface area contributed by atoms with Gasteiger partial charge in [0.05, 0.1) is 5.69 Å². The van der Waals surface area contributed by atoms with Crippen molar-refractivity contribution < 1.29 is 4.79 Å². The zero-order valence-electron chi connectivity index (χ0n) is 10.00. The van der Waals surface area contributed by atoms with Crippen LogP contribution < -0.4 is 4.90 Å². The van der Waals surface area contributed by atoms with Gasteiger partial charge in [0.25, 0.3) is 5.91 Å². The standard InChI is InChI=1S/C15H12N2O/c1-12-7-9-14(10-8-12)17(11-16)15(18)13-5-3-2-4-6-13/h2-10H,1H3. The van der Waals surface area contributed by atoms with Crippen molar-refractivity contribution in [3.63, 3.8) is 0 Å². The maximum absolute atomic E-state index is 12.2. The summed E-state index contributed by atoms with van der Waals surface area (Å²) in [5, 5.41) is 9.14. The van der Waals surface area contributed by atoms with Crippen LogP contribution in [0.25, 0.3) is 0 Å². The third-order valence-electron chi connectivity index (χ3n) is 2.62. The van der Waals surface area contributed by atoms with Crippen LogP contribution in [-0.2, 0) is 0 Å². The average Bonchev–Trinajstić information content (AvgIpc) is 2.42. The lowest BCUT2D eigenvalue weighted by molar-refractivity contribution is 0.0999. The number of hydrogen-bond donors (Lipinski definition) is 0. The number of rotatable bonds is 2. The van der Waals surface area contributed by atoms with Gasteiger partial charge in [-0.3, -0.25) is 4.79 Å². The molecule has 88 valence electrons. The van der Waals surface area contributed by atoms with Gasteiger partial charge in [-0.2, -0.15) is 5.26 Å². The van der Waals surface area contributed by atoms with E-state index in [2.05, 4.69) is 0 Å². The van der Waals surface area contributed by atoms with Crippen molar-refractivity contribution in [2.24, 2.45) is 0 Å². The quantitative estimate of drug-likeness (QED) is 0.594. The fraction of sp³-hybridized carbons (Fsp3) is 0.0667. The molecule has 0 aliphatic carbocycles. The van der Waals surface area contributed by atoms with Crippen molar-refractivity contribution in [3.8, 4) is 6.19 Å². The van der Waals surface area contributed by atoms with Gasteiger partial charge in [-0.05, 0) is 31.2 Å². The highest BCUT2D eigenvalue weighted by atomic mass is 16.2. The van der Waals surface area contributed by atoms with Gasteiger partial charge < -0.3 is 0 Å². The molecular formula is C15H12N2O. The van der Waals surface area contributed by atoms with Crippen molar-refractivity contribution >= 4 is 11.6 Å². The number of anilines is 1. The van der Waals surface area contributed by atoms with Crippen LogP contribution in [0.3, 0.4) is 0 Å². The molecule has 18 heavy (non-hydrogen) atoms. The fourth-order valence-corrected chi connectivity index (χ4v) is 1.62. The molecule has 2 aromatic rings. The minimum atomic E-state index is -0.318. The summed E-state index contributed by atoms with van der Waals surface area (Å²) >= 11 is 0. The lowest BCUT2D eigenvalue weighted by Crippen LogP contribution is -2.25. The topological polar surface area (TPSA) is 44.1 Å². The first-order valence-corrected chi connectivity index (χ1v) is 5.58. The van der Waals surface area contributed by atoms with Gasteiger partial charge in [-0.25, -0.2) is 4.90 Å². The SMILES string of the molecule is Cc1ccc(N(C#N)C(=O)c2ccccc2)cc1. The Kier molecular flexibility index (Phi) is 3.40. The Hall–Kier alpha value is -2.60. The number of hydrogen-bond acceptors (Lipinski definition) is 2. The van der Waals surface area contributed by atoms with Crippen molar-refractivity contribution in [2.75, 3.05) is 4.90 Å². The van der Waals surface area contributed by atoms with Gasteiger partial charge in [0, 0.05) is 5.56 Å². The van der Waals surface area contributed by atoms with E-state index in [1.54, 1.807) is 36.4 Å². The molecule has 0 unspecified atom stereocenters. The van der Waals surface area contributed by atoms with E-state index in [0.29, 0.717) is 11.3 Å². The van der Waals surface area contributed by atoms with Gasteiger partial charge in [0.15, 0.2) is 6.19 Å². The van der Waals surface area contributed by atoms with E-state index in [1.807, 2.05) is 31.3 Å². The van der Waals surface area contributed by atoms with Crippen LogP contribution in [0.5, 0.6) is 0 Å². The number of carbonyl (C=O) groups is 1. The molecule has 0 aliphatic heterocycles. The highest BCUT2D eigenvalue weighted by Gasteiger charge is 2.16. The molecule has 0 atom stereocenters. The van der Waals surface area contributed by atoms with Crippen LogP contribution in [0.1, 0.15) is 15.9 Å². The molecule has 0 saturated carbocycles. The van der Waals surface area contributed by atoms with Crippen LogP contribution in [0.15, 0.2) is 54.6 Å². The molecule has 3 nitrogen and oxygen atoms in total. The molecule has 0 N–H and O–H groups in total. The Labute approximate surface area is 106 Å². The lowest BCUT2D eigenvalue weighted by Gasteiger charge is -2.13. The van der Waals surface area contributed by atoms with Crippen molar-refractivity contribution in [3.05, 3.63) is 65.7 Å². The first kappa shape index (κ1) is 11.9. The van der Waals surface area contributed by atoms with Crippen molar-refractivity contribution in [1.29, 1.82) is 5.26 Å². The molecule has 0 saturated heterocycles. The molecular weight excluding hydrogens is 224 g/mol. The second kappa shape index (κ2) is 5.15. The van der Waals surface area contributed by atoms with Gasteiger partial charge in [0.1, 0.15) is 0 Å². The van der Waals surface area contributed by atoms with E-state index in [-0.39, 0.29) is 5.91 Å². The van der Waals surface area contributed by atoms with E-state index in [4.69, 9.17) is 5.26 Å². The van der Waals surface area contributed by atoms with Crippen LogP contribution in [0.2, 0.25) is 0 Å². The molecule has 2 rings (SSSR count). The van der Waals surface area contributed by atoms with E-state index in [0.717, 1.165) is 10.5 Å². The number of nitriles is 1.